The van der Waals surface area contributed by atoms with Crippen LogP contribution in [-0.2, 0) is 4.79 Å². The second kappa shape index (κ2) is 6.88. The summed E-state index contributed by atoms with van der Waals surface area (Å²) in [4.78, 5) is 17.1. The predicted octanol–water partition coefficient (Wildman–Crippen LogP) is 3.20. The summed E-state index contributed by atoms with van der Waals surface area (Å²) in [6, 6.07) is 5.97. The maximum atomic E-state index is 11.5. The molecular formula is C14H17N3OS2. The van der Waals surface area contributed by atoms with Crippen LogP contribution in [0.25, 0.3) is 0 Å². The molecule has 0 aliphatic rings. The van der Waals surface area contributed by atoms with E-state index in [-0.39, 0.29) is 5.91 Å². The zero-order chi connectivity index (χ0) is 14.5. The molecule has 0 aliphatic heterocycles. The van der Waals surface area contributed by atoms with Crippen molar-refractivity contribution in [2.75, 3.05) is 11.9 Å². The van der Waals surface area contributed by atoms with Crippen LogP contribution in [-0.4, -0.2) is 17.4 Å². The largest absolute Gasteiger partial charge is 0.330 e. The number of aromatic nitrogens is 1. The van der Waals surface area contributed by atoms with Gasteiger partial charge in [0, 0.05) is 34.6 Å². The summed E-state index contributed by atoms with van der Waals surface area (Å²) in [6.45, 7) is 4.33. The van der Waals surface area contributed by atoms with Crippen molar-refractivity contribution in [1.82, 2.24) is 4.98 Å². The molecule has 2 aromatic rings. The van der Waals surface area contributed by atoms with E-state index in [1.54, 1.807) is 23.1 Å². The molecular weight excluding hydrogens is 290 g/mol. The number of thiazole rings is 1. The molecule has 0 unspecified atom stereocenters. The van der Waals surface area contributed by atoms with Crippen LogP contribution in [0.5, 0.6) is 0 Å². The van der Waals surface area contributed by atoms with Crippen molar-refractivity contribution in [2.45, 2.75) is 29.5 Å². The first kappa shape index (κ1) is 15.0. The molecule has 1 aromatic carbocycles. The number of amides is 1. The van der Waals surface area contributed by atoms with Crippen molar-refractivity contribution in [3.8, 4) is 0 Å². The van der Waals surface area contributed by atoms with Gasteiger partial charge >= 0.3 is 0 Å². The first-order chi connectivity index (χ1) is 9.58. The van der Waals surface area contributed by atoms with Gasteiger partial charge in [-0.15, -0.1) is 11.3 Å². The zero-order valence-corrected chi connectivity index (χ0v) is 13.1. The predicted molar refractivity (Wildman–Crippen MR) is 84.5 cm³/mol. The minimum absolute atomic E-state index is 0.0495. The van der Waals surface area contributed by atoms with Gasteiger partial charge in [0.1, 0.15) is 0 Å². The molecule has 20 heavy (non-hydrogen) atoms. The Morgan fingerprint density at radius 3 is 2.85 bits per heavy atom. The van der Waals surface area contributed by atoms with E-state index in [9.17, 15) is 4.79 Å². The summed E-state index contributed by atoms with van der Waals surface area (Å²) in [5.74, 6) is -0.0495. The van der Waals surface area contributed by atoms with Gasteiger partial charge in [-0.1, -0.05) is 11.8 Å². The van der Waals surface area contributed by atoms with E-state index in [1.165, 1.54) is 0 Å². The second-order valence-electron chi connectivity index (χ2n) is 4.42. The molecule has 0 fully saturated rings. The number of benzene rings is 1. The standard InChI is InChI=1S/C14H17N3OS2/c1-9-7-11(20-14-16-10(2)8-19-14)3-4-12(9)17-13(18)5-6-15/h3-4,7-8H,5-6,15H2,1-2H3,(H,17,18). The van der Waals surface area contributed by atoms with Gasteiger partial charge in [-0.2, -0.15) is 0 Å². The van der Waals surface area contributed by atoms with E-state index in [1.807, 2.05) is 31.4 Å². The van der Waals surface area contributed by atoms with Crippen molar-refractivity contribution in [3.63, 3.8) is 0 Å². The SMILES string of the molecule is Cc1csc(Sc2ccc(NC(=O)CCN)c(C)c2)n1. The van der Waals surface area contributed by atoms with E-state index < -0.39 is 0 Å². The van der Waals surface area contributed by atoms with Gasteiger partial charge in [0.15, 0.2) is 4.34 Å². The number of carbonyl (C=O) groups is 1. The Labute approximate surface area is 126 Å². The Morgan fingerprint density at radius 1 is 1.45 bits per heavy atom. The summed E-state index contributed by atoms with van der Waals surface area (Å²) in [5, 5.41) is 4.90. The monoisotopic (exact) mass is 307 g/mol. The molecule has 0 atom stereocenters. The van der Waals surface area contributed by atoms with E-state index in [2.05, 4.69) is 16.4 Å². The molecule has 3 N–H and O–H groups in total. The maximum absolute atomic E-state index is 11.5. The average molecular weight is 307 g/mol. The van der Waals surface area contributed by atoms with Gasteiger partial charge in [0.05, 0.1) is 0 Å². The maximum Gasteiger partial charge on any atom is 0.225 e. The third-order valence-corrected chi connectivity index (χ3v) is 4.69. The lowest BCUT2D eigenvalue weighted by atomic mass is 10.2. The van der Waals surface area contributed by atoms with Gasteiger partial charge in [0.25, 0.3) is 0 Å². The summed E-state index contributed by atoms with van der Waals surface area (Å²) in [6.07, 6.45) is 0.342. The van der Waals surface area contributed by atoms with Crippen LogP contribution in [0.1, 0.15) is 17.7 Å². The third-order valence-electron chi connectivity index (χ3n) is 2.65. The Hall–Kier alpha value is -1.37. The van der Waals surface area contributed by atoms with Crippen LogP contribution in [0.4, 0.5) is 5.69 Å². The van der Waals surface area contributed by atoms with E-state index >= 15 is 0 Å². The summed E-state index contributed by atoms with van der Waals surface area (Å²) in [5.41, 5.74) is 8.28. The van der Waals surface area contributed by atoms with Crippen molar-refractivity contribution >= 4 is 34.7 Å². The van der Waals surface area contributed by atoms with Crippen molar-refractivity contribution in [2.24, 2.45) is 5.73 Å². The minimum Gasteiger partial charge on any atom is -0.330 e. The molecule has 1 amide bonds. The highest BCUT2D eigenvalue weighted by molar-refractivity contribution is 8.01. The number of nitrogens with two attached hydrogens (primary N) is 1. The van der Waals surface area contributed by atoms with Crippen LogP contribution >= 0.6 is 23.1 Å². The minimum atomic E-state index is -0.0495. The van der Waals surface area contributed by atoms with Crippen LogP contribution in [0.2, 0.25) is 0 Å². The van der Waals surface area contributed by atoms with Crippen molar-refractivity contribution in [3.05, 3.63) is 34.8 Å². The topological polar surface area (TPSA) is 68.0 Å². The lowest BCUT2D eigenvalue weighted by molar-refractivity contribution is -0.116. The number of hydrogen-bond donors (Lipinski definition) is 2. The van der Waals surface area contributed by atoms with E-state index in [0.717, 1.165) is 26.2 Å². The second-order valence-corrected chi connectivity index (χ2v) is 6.60. The van der Waals surface area contributed by atoms with E-state index in [4.69, 9.17) is 5.73 Å². The molecule has 0 saturated carbocycles. The van der Waals surface area contributed by atoms with Crippen LogP contribution in [0.3, 0.4) is 0 Å². The summed E-state index contributed by atoms with van der Waals surface area (Å²) < 4.78 is 1.03. The first-order valence-corrected chi connectivity index (χ1v) is 7.98. The van der Waals surface area contributed by atoms with Gasteiger partial charge < -0.3 is 11.1 Å². The Bertz CT molecular complexity index is 610. The summed E-state index contributed by atoms with van der Waals surface area (Å²) in [7, 11) is 0. The first-order valence-electron chi connectivity index (χ1n) is 6.29. The number of nitrogens with zero attached hydrogens (tertiary/aromatic N) is 1. The lowest BCUT2D eigenvalue weighted by Crippen LogP contribution is -2.16. The molecule has 1 heterocycles. The van der Waals surface area contributed by atoms with Crippen molar-refractivity contribution in [1.29, 1.82) is 0 Å². The molecule has 0 bridgehead atoms. The quantitative estimate of drug-likeness (QED) is 0.890. The molecule has 1 aromatic heterocycles. The zero-order valence-electron chi connectivity index (χ0n) is 11.5. The van der Waals surface area contributed by atoms with Gasteiger partial charge in [-0.3, -0.25) is 4.79 Å². The molecule has 6 heteroatoms. The highest BCUT2D eigenvalue weighted by Gasteiger charge is 2.07. The molecule has 4 nitrogen and oxygen atoms in total. The number of aryl methyl sites for hydroxylation is 2. The lowest BCUT2D eigenvalue weighted by Gasteiger charge is -2.09. The van der Waals surface area contributed by atoms with Gasteiger partial charge in [-0.05, 0) is 37.6 Å². The van der Waals surface area contributed by atoms with Gasteiger partial charge in [0.2, 0.25) is 5.91 Å². The molecule has 0 spiro atoms. The number of rotatable bonds is 5. The van der Waals surface area contributed by atoms with Crippen LogP contribution < -0.4 is 11.1 Å². The molecule has 106 valence electrons. The highest BCUT2D eigenvalue weighted by Crippen LogP contribution is 2.32. The number of nitrogens with one attached hydrogen (secondary N) is 1. The number of carbonyl (C=O) groups excluding carboxylic acids is 1. The van der Waals surface area contributed by atoms with Crippen LogP contribution in [0, 0.1) is 13.8 Å². The van der Waals surface area contributed by atoms with Crippen molar-refractivity contribution < 1.29 is 4.79 Å². The average Bonchev–Trinajstić information content (AvgIpc) is 2.78. The summed E-state index contributed by atoms with van der Waals surface area (Å²) >= 11 is 3.28. The highest BCUT2D eigenvalue weighted by atomic mass is 32.2. The fraction of sp³-hybridized carbons (Fsp3) is 0.286. The third kappa shape index (κ3) is 4.06. The number of hydrogen-bond acceptors (Lipinski definition) is 5. The Morgan fingerprint density at radius 2 is 2.25 bits per heavy atom. The normalized spacial score (nSPS) is 10.6. The Kier molecular flexibility index (Phi) is 5.17. The smallest absolute Gasteiger partial charge is 0.225 e. The van der Waals surface area contributed by atoms with E-state index in [0.29, 0.717) is 13.0 Å². The number of anilines is 1. The molecule has 0 radical (unpaired) electrons. The molecule has 2 rings (SSSR count). The molecule has 0 saturated heterocycles. The molecule has 0 aliphatic carbocycles. The Balaban J connectivity index is 2.07. The van der Waals surface area contributed by atoms with Gasteiger partial charge in [-0.25, -0.2) is 4.98 Å². The fourth-order valence-corrected chi connectivity index (χ4v) is 3.57. The van der Waals surface area contributed by atoms with Crippen LogP contribution in [0.15, 0.2) is 32.8 Å². The fourth-order valence-electron chi connectivity index (χ4n) is 1.66.